The van der Waals surface area contributed by atoms with Gasteiger partial charge in [-0.2, -0.15) is 0 Å². The molecule has 1 aromatic rings. The Kier molecular flexibility index (Phi) is 2.79. The summed E-state index contributed by atoms with van der Waals surface area (Å²) < 4.78 is 0. The molecule has 0 saturated heterocycles. The van der Waals surface area contributed by atoms with Gasteiger partial charge in [0.15, 0.2) is 5.82 Å². The average Bonchev–Trinajstić information content (AvgIpc) is 2.27. The molecule has 0 atom stereocenters. The molecule has 6 nitrogen and oxygen atoms in total. The van der Waals surface area contributed by atoms with E-state index in [0.29, 0.717) is 30.3 Å². The van der Waals surface area contributed by atoms with Crippen LogP contribution in [0.25, 0.3) is 0 Å². The van der Waals surface area contributed by atoms with Crippen LogP contribution < -0.4 is 9.80 Å². The highest BCUT2D eigenvalue weighted by Crippen LogP contribution is 2.32. The summed E-state index contributed by atoms with van der Waals surface area (Å²) in [4.78, 5) is 34.4. The molecule has 0 unspecified atom stereocenters. The van der Waals surface area contributed by atoms with Gasteiger partial charge in [0.05, 0.1) is 5.69 Å². The topological polar surface area (TPSA) is 66.4 Å². The third kappa shape index (κ3) is 1.86. The molecule has 0 bridgehead atoms. The van der Waals surface area contributed by atoms with E-state index in [0.717, 1.165) is 0 Å². The minimum Gasteiger partial charge on any atom is -0.306 e. The fourth-order valence-electron chi connectivity index (χ4n) is 2.01. The summed E-state index contributed by atoms with van der Waals surface area (Å²) in [6, 6.07) is 0. The zero-order chi connectivity index (χ0) is 12.6. The van der Waals surface area contributed by atoms with Crippen LogP contribution in [-0.2, 0) is 9.59 Å². The van der Waals surface area contributed by atoms with Gasteiger partial charge in [0.25, 0.3) is 0 Å². The molecular formula is C11H14N4O2. The molecule has 0 spiro atoms. The Bertz CT molecular complexity index is 486. The Hall–Kier alpha value is -1.98. The van der Waals surface area contributed by atoms with Crippen LogP contribution >= 0.6 is 0 Å². The molecule has 1 aromatic heterocycles. The molecule has 0 aromatic carbocycles. The van der Waals surface area contributed by atoms with Crippen molar-refractivity contribution in [2.24, 2.45) is 0 Å². The standard InChI is InChI=1S/C11H14N4O2/c1-7-10-11(13-6-12-7)15(9(3)17)5-4-14(10)8(2)16/h6H,4-5H2,1-3H3. The van der Waals surface area contributed by atoms with Gasteiger partial charge in [-0.15, -0.1) is 0 Å². The largest absolute Gasteiger partial charge is 0.306 e. The third-order valence-electron chi connectivity index (χ3n) is 2.82. The maximum atomic E-state index is 11.6. The Morgan fingerprint density at radius 2 is 1.71 bits per heavy atom. The molecular weight excluding hydrogens is 220 g/mol. The minimum absolute atomic E-state index is 0.0626. The summed E-state index contributed by atoms with van der Waals surface area (Å²) in [6.07, 6.45) is 1.41. The van der Waals surface area contributed by atoms with E-state index >= 15 is 0 Å². The molecule has 0 fully saturated rings. The van der Waals surface area contributed by atoms with Crippen LogP contribution in [0.2, 0.25) is 0 Å². The van der Waals surface area contributed by atoms with Gasteiger partial charge < -0.3 is 4.90 Å². The normalized spacial score (nSPS) is 14.5. The Morgan fingerprint density at radius 1 is 1.12 bits per heavy atom. The summed E-state index contributed by atoms with van der Waals surface area (Å²) in [5.74, 6) is 0.381. The molecule has 0 radical (unpaired) electrons. The van der Waals surface area contributed by atoms with Gasteiger partial charge in [-0.25, -0.2) is 9.97 Å². The zero-order valence-corrected chi connectivity index (χ0v) is 10.1. The van der Waals surface area contributed by atoms with E-state index in [1.807, 2.05) is 0 Å². The number of carbonyl (C=O) groups excluding carboxylic acids is 2. The fraction of sp³-hybridized carbons (Fsp3) is 0.455. The van der Waals surface area contributed by atoms with E-state index in [1.54, 1.807) is 16.7 Å². The molecule has 6 heteroatoms. The number of rotatable bonds is 0. The van der Waals surface area contributed by atoms with Crippen molar-refractivity contribution in [3.05, 3.63) is 12.0 Å². The van der Waals surface area contributed by atoms with Gasteiger partial charge in [-0.3, -0.25) is 14.5 Å². The predicted molar refractivity (Wildman–Crippen MR) is 62.8 cm³/mol. The van der Waals surface area contributed by atoms with Gasteiger partial charge in [0, 0.05) is 26.9 Å². The molecule has 2 amide bonds. The molecule has 2 rings (SSSR count). The van der Waals surface area contributed by atoms with Gasteiger partial charge in [0.1, 0.15) is 12.0 Å². The van der Waals surface area contributed by atoms with Crippen LogP contribution in [0.5, 0.6) is 0 Å². The summed E-state index contributed by atoms with van der Waals surface area (Å²) in [7, 11) is 0. The summed E-state index contributed by atoms with van der Waals surface area (Å²) in [5, 5.41) is 0. The van der Waals surface area contributed by atoms with Crippen molar-refractivity contribution in [1.29, 1.82) is 0 Å². The van der Waals surface area contributed by atoms with E-state index < -0.39 is 0 Å². The first-order valence-corrected chi connectivity index (χ1v) is 5.40. The van der Waals surface area contributed by atoms with Crippen LogP contribution in [-0.4, -0.2) is 34.9 Å². The molecule has 2 heterocycles. The summed E-state index contributed by atoms with van der Waals surface area (Å²) >= 11 is 0. The number of anilines is 2. The second-order valence-corrected chi connectivity index (χ2v) is 3.97. The smallest absolute Gasteiger partial charge is 0.225 e. The second kappa shape index (κ2) is 4.12. The van der Waals surface area contributed by atoms with Gasteiger partial charge in [-0.1, -0.05) is 0 Å². The maximum absolute atomic E-state index is 11.6. The lowest BCUT2D eigenvalue weighted by Crippen LogP contribution is -2.46. The molecule has 0 saturated carbocycles. The average molecular weight is 234 g/mol. The lowest BCUT2D eigenvalue weighted by atomic mass is 10.2. The van der Waals surface area contributed by atoms with Crippen LogP contribution in [0.15, 0.2) is 6.33 Å². The summed E-state index contributed by atoms with van der Waals surface area (Å²) in [6.45, 7) is 5.75. The molecule has 1 aliphatic rings. The maximum Gasteiger partial charge on any atom is 0.225 e. The van der Waals surface area contributed by atoms with E-state index in [4.69, 9.17) is 0 Å². The second-order valence-electron chi connectivity index (χ2n) is 3.97. The van der Waals surface area contributed by atoms with E-state index in [1.165, 1.54) is 20.2 Å². The van der Waals surface area contributed by atoms with Crippen molar-refractivity contribution in [1.82, 2.24) is 9.97 Å². The van der Waals surface area contributed by atoms with Crippen molar-refractivity contribution in [3.8, 4) is 0 Å². The third-order valence-corrected chi connectivity index (χ3v) is 2.82. The molecule has 0 N–H and O–H groups in total. The number of fused-ring (bicyclic) bond motifs is 1. The van der Waals surface area contributed by atoms with Gasteiger partial charge in [0.2, 0.25) is 11.8 Å². The monoisotopic (exact) mass is 234 g/mol. The molecule has 1 aliphatic heterocycles. The van der Waals surface area contributed by atoms with Gasteiger partial charge >= 0.3 is 0 Å². The summed E-state index contributed by atoms with van der Waals surface area (Å²) in [5.41, 5.74) is 1.35. The highest BCUT2D eigenvalue weighted by Gasteiger charge is 2.30. The van der Waals surface area contributed by atoms with Crippen molar-refractivity contribution >= 4 is 23.3 Å². The quantitative estimate of drug-likeness (QED) is 0.655. The highest BCUT2D eigenvalue weighted by atomic mass is 16.2. The SMILES string of the molecule is CC(=O)N1CCN(C(C)=O)c2c(C)ncnc21. The Labute approximate surface area is 99.3 Å². The number of hydrogen-bond donors (Lipinski definition) is 0. The van der Waals surface area contributed by atoms with Crippen LogP contribution in [0.1, 0.15) is 19.5 Å². The zero-order valence-electron chi connectivity index (χ0n) is 10.1. The number of aryl methyl sites for hydroxylation is 1. The van der Waals surface area contributed by atoms with Crippen molar-refractivity contribution < 1.29 is 9.59 Å². The van der Waals surface area contributed by atoms with Crippen LogP contribution in [0.3, 0.4) is 0 Å². The van der Waals surface area contributed by atoms with Crippen LogP contribution in [0.4, 0.5) is 11.5 Å². The van der Waals surface area contributed by atoms with E-state index in [9.17, 15) is 9.59 Å². The molecule has 17 heavy (non-hydrogen) atoms. The number of carbonyl (C=O) groups is 2. The molecule has 0 aliphatic carbocycles. The lowest BCUT2D eigenvalue weighted by Gasteiger charge is -2.34. The Morgan fingerprint density at radius 3 is 2.29 bits per heavy atom. The van der Waals surface area contributed by atoms with Crippen molar-refractivity contribution in [2.45, 2.75) is 20.8 Å². The first-order chi connectivity index (χ1) is 8.02. The van der Waals surface area contributed by atoms with Crippen molar-refractivity contribution in [2.75, 3.05) is 22.9 Å². The molecule has 90 valence electrons. The first-order valence-electron chi connectivity index (χ1n) is 5.40. The number of aromatic nitrogens is 2. The Balaban J connectivity index is 2.57. The van der Waals surface area contributed by atoms with Gasteiger partial charge in [-0.05, 0) is 6.92 Å². The van der Waals surface area contributed by atoms with E-state index in [-0.39, 0.29) is 11.8 Å². The van der Waals surface area contributed by atoms with Crippen LogP contribution in [0, 0.1) is 6.92 Å². The van der Waals surface area contributed by atoms with E-state index in [2.05, 4.69) is 9.97 Å². The lowest BCUT2D eigenvalue weighted by molar-refractivity contribution is -0.118. The first kappa shape index (κ1) is 11.5. The predicted octanol–water partition coefficient (Wildman–Crippen LogP) is 0.504. The number of hydrogen-bond acceptors (Lipinski definition) is 4. The number of amides is 2. The number of nitrogens with zero attached hydrogens (tertiary/aromatic N) is 4. The highest BCUT2D eigenvalue weighted by molar-refractivity contribution is 6.02. The minimum atomic E-state index is -0.0763. The fourth-order valence-corrected chi connectivity index (χ4v) is 2.01. The van der Waals surface area contributed by atoms with Crippen molar-refractivity contribution in [3.63, 3.8) is 0 Å².